The standard InChI is InChI=1S/C18H19F2NO/c1-12(2)10-13-4-6-14(7-5-13)18(22)21(3)17-11-15(19)8-9-16(17)20/h4-9,11-12H,10H2,1-3H3. The van der Waals surface area contributed by atoms with E-state index in [4.69, 9.17) is 0 Å². The molecule has 0 spiro atoms. The second-order valence-corrected chi connectivity index (χ2v) is 5.75. The highest BCUT2D eigenvalue weighted by Crippen LogP contribution is 2.21. The third kappa shape index (κ3) is 3.70. The average Bonchev–Trinajstić information content (AvgIpc) is 2.48. The second-order valence-electron chi connectivity index (χ2n) is 5.75. The van der Waals surface area contributed by atoms with E-state index in [2.05, 4.69) is 13.8 Å². The van der Waals surface area contributed by atoms with Gasteiger partial charge in [0.25, 0.3) is 5.91 Å². The van der Waals surface area contributed by atoms with E-state index in [0.717, 1.165) is 35.1 Å². The van der Waals surface area contributed by atoms with E-state index in [1.165, 1.54) is 7.05 Å². The summed E-state index contributed by atoms with van der Waals surface area (Å²) in [5, 5.41) is 0. The van der Waals surface area contributed by atoms with Gasteiger partial charge in [0.2, 0.25) is 0 Å². The number of nitrogens with zero attached hydrogens (tertiary/aromatic N) is 1. The van der Waals surface area contributed by atoms with Gasteiger partial charge in [-0.2, -0.15) is 0 Å². The number of rotatable bonds is 4. The molecule has 0 N–H and O–H groups in total. The number of anilines is 1. The maximum Gasteiger partial charge on any atom is 0.258 e. The van der Waals surface area contributed by atoms with Gasteiger partial charge in [-0.1, -0.05) is 26.0 Å². The van der Waals surface area contributed by atoms with Crippen LogP contribution in [0.25, 0.3) is 0 Å². The van der Waals surface area contributed by atoms with Crippen molar-refractivity contribution in [2.24, 2.45) is 5.92 Å². The van der Waals surface area contributed by atoms with Crippen molar-refractivity contribution in [3.05, 3.63) is 65.2 Å². The van der Waals surface area contributed by atoms with Crippen molar-refractivity contribution >= 4 is 11.6 Å². The summed E-state index contributed by atoms with van der Waals surface area (Å²) in [5.74, 6) is -1.05. The molecule has 0 saturated carbocycles. The third-order valence-electron chi connectivity index (χ3n) is 3.42. The summed E-state index contributed by atoms with van der Waals surface area (Å²) in [7, 11) is 1.43. The molecule has 22 heavy (non-hydrogen) atoms. The first-order valence-electron chi connectivity index (χ1n) is 7.20. The molecule has 4 heteroatoms. The largest absolute Gasteiger partial charge is 0.309 e. The van der Waals surface area contributed by atoms with Crippen molar-refractivity contribution in [2.75, 3.05) is 11.9 Å². The van der Waals surface area contributed by atoms with E-state index in [-0.39, 0.29) is 11.6 Å². The van der Waals surface area contributed by atoms with Crippen molar-refractivity contribution in [2.45, 2.75) is 20.3 Å². The Morgan fingerprint density at radius 3 is 2.32 bits per heavy atom. The van der Waals surface area contributed by atoms with Crippen LogP contribution in [0.4, 0.5) is 14.5 Å². The summed E-state index contributed by atoms with van der Waals surface area (Å²) in [6.45, 7) is 4.25. The summed E-state index contributed by atoms with van der Waals surface area (Å²) in [4.78, 5) is 13.5. The molecule has 0 saturated heterocycles. The van der Waals surface area contributed by atoms with Gasteiger partial charge in [0, 0.05) is 18.7 Å². The predicted octanol–water partition coefficient (Wildman–Crippen LogP) is 4.44. The fourth-order valence-corrected chi connectivity index (χ4v) is 2.30. The summed E-state index contributed by atoms with van der Waals surface area (Å²) in [5.41, 5.74) is 1.51. The van der Waals surface area contributed by atoms with Crippen LogP contribution >= 0.6 is 0 Å². The number of halogens is 2. The summed E-state index contributed by atoms with van der Waals surface area (Å²) < 4.78 is 27.0. The number of carbonyl (C=O) groups is 1. The summed E-state index contributed by atoms with van der Waals surface area (Å²) in [6.07, 6.45) is 0.933. The lowest BCUT2D eigenvalue weighted by atomic mass is 10.0. The molecule has 2 nitrogen and oxygen atoms in total. The lowest BCUT2D eigenvalue weighted by molar-refractivity contribution is 0.0992. The normalized spacial score (nSPS) is 10.8. The zero-order chi connectivity index (χ0) is 16.3. The van der Waals surface area contributed by atoms with E-state index in [1.807, 2.05) is 12.1 Å². The molecule has 116 valence electrons. The minimum atomic E-state index is -0.631. The molecule has 0 aliphatic rings. The van der Waals surface area contributed by atoms with Crippen LogP contribution < -0.4 is 4.90 Å². The number of benzene rings is 2. The molecule has 0 heterocycles. The lowest BCUT2D eigenvalue weighted by Gasteiger charge is -2.18. The molecular weight excluding hydrogens is 284 g/mol. The van der Waals surface area contributed by atoms with Gasteiger partial charge in [-0.05, 0) is 42.2 Å². The van der Waals surface area contributed by atoms with Crippen LogP contribution in [0.2, 0.25) is 0 Å². The maximum absolute atomic E-state index is 13.7. The zero-order valence-electron chi connectivity index (χ0n) is 12.9. The number of amides is 1. The van der Waals surface area contributed by atoms with Gasteiger partial charge in [0.05, 0.1) is 5.69 Å². The van der Waals surface area contributed by atoms with Gasteiger partial charge in [-0.25, -0.2) is 8.78 Å². The van der Waals surface area contributed by atoms with Gasteiger partial charge in [0.1, 0.15) is 11.6 Å². The average molecular weight is 303 g/mol. The molecule has 1 amide bonds. The molecule has 2 aromatic carbocycles. The number of hydrogen-bond acceptors (Lipinski definition) is 1. The SMILES string of the molecule is CC(C)Cc1ccc(C(=O)N(C)c2cc(F)ccc2F)cc1. The summed E-state index contributed by atoms with van der Waals surface area (Å²) in [6, 6.07) is 10.3. The van der Waals surface area contributed by atoms with E-state index < -0.39 is 11.6 Å². The van der Waals surface area contributed by atoms with Crippen molar-refractivity contribution in [1.29, 1.82) is 0 Å². The molecule has 0 aliphatic carbocycles. The van der Waals surface area contributed by atoms with E-state index in [0.29, 0.717) is 11.5 Å². The Kier molecular flexibility index (Phi) is 4.91. The third-order valence-corrected chi connectivity index (χ3v) is 3.42. The molecule has 0 aliphatic heterocycles. The number of hydrogen-bond donors (Lipinski definition) is 0. The van der Waals surface area contributed by atoms with Gasteiger partial charge in [-0.3, -0.25) is 4.79 Å². The van der Waals surface area contributed by atoms with Gasteiger partial charge < -0.3 is 4.90 Å². The Morgan fingerprint density at radius 1 is 1.09 bits per heavy atom. The van der Waals surface area contributed by atoms with Gasteiger partial charge in [0.15, 0.2) is 0 Å². The second kappa shape index (κ2) is 6.69. The predicted molar refractivity (Wildman–Crippen MR) is 84.1 cm³/mol. The van der Waals surface area contributed by atoms with E-state index in [1.54, 1.807) is 12.1 Å². The highest BCUT2D eigenvalue weighted by molar-refractivity contribution is 6.05. The monoisotopic (exact) mass is 303 g/mol. The van der Waals surface area contributed by atoms with Crippen molar-refractivity contribution in [3.63, 3.8) is 0 Å². The Bertz CT molecular complexity index is 665. The minimum Gasteiger partial charge on any atom is -0.309 e. The van der Waals surface area contributed by atoms with Crippen LogP contribution in [0, 0.1) is 17.6 Å². The van der Waals surface area contributed by atoms with Gasteiger partial charge >= 0.3 is 0 Å². The fourth-order valence-electron chi connectivity index (χ4n) is 2.30. The topological polar surface area (TPSA) is 20.3 Å². The van der Waals surface area contributed by atoms with E-state index in [9.17, 15) is 13.6 Å². The van der Waals surface area contributed by atoms with E-state index >= 15 is 0 Å². The van der Waals surface area contributed by atoms with Crippen LogP contribution in [-0.4, -0.2) is 13.0 Å². The van der Waals surface area contributed by atoms with Crippen LogP contribution in [0.1, 0.15) is 29.8 Å². The molecule has 0 bridgehead atoms. The molecule has 0 unspecified atom stereocenters. The van der Waals surface area contributed by atoms with Gasteiger partial charge in [-0.15, -0.1) is 0 Å². The molecular formula is C18H19F2NO. The quantitative estimate of drug-likeness (QED) is 0.817. The van der Waals surface area contributed by atoms with Crippen LogP contribution in [0.3, 0.4) is 0 Å². The molecule has 0 atom stereocenters. The first kappa shape index (κ1) is 16.1. The Labute approximate surface area is 129 Å². The van der Waals surface area contributed by atoms with Crippen molar-refractivity contribution in [3.8, 4) is 0 Å². The highest BCUT2D eigenvalue weighted by atomic mass is 19.1. The Morgan fingerprint density at radius 2 is 1.73 bits per heavy atom. The van der Waals surface area contributed by atoms with Crippen LogP contribution in [0.5, 0.6) is 0 Å². The lowest BCUT2D eigenvalue weighted by Crippen LogP contribution is -2.27. The van der Waals surface area contributed by atoms with Crippen LogP contribution in [-0.2, 0) is 6.42 Å². The molecule has 0 radical (unpaired) electrons. The molecule has 0 aromatic heterocycles. The zero-order valence-corrected chi connectivity index (χ0v) is 12.9. The molecule has 2 rings (SSSR count). The minimum absolute atomic E-state index is 0.0729. The van der Waals surface area contributed by atoms with Crippen molar-refractivity contribution in [1.82, 2.24) is 0 Å². The van der Waals surface area contributed by atoms with Crippen molar-refractivity contribution < 1.29 is 13.6 Å². The Hall–Kier alpha value is -2.23. The first-order valence-corrected chi connectivity index (χ1v) is 7.20. The highest BCUT2D eigenvalue weighted by Gasteiger charge is 2.17. The first-order chi connectivity index (χ1) is 10.4. The Balaban J connectivity index is 2.21. The fraction of sp³-hybridized carbons (Fsp3) is 0.278. The van der Waals surface area contributed by atoms with Crippen LogP contribution in [0.15, 0.2) is 42.5 Å². The maximum atomic E-state index is 13.7. The summed E-state index contributed by atoms with van der Waals surface area (Å²) >= 11 is 0. The molecule has 2 aromatic rings. The number of carbonyl (C=O) groups excluding carboxylic acids is 1. The smallest absolute Gasteiger partial charge is 0.258 e. The molecule has 0 fully saturated rings.